The van der Waals surface area contributed by atoms with Gasteiger partial charge >= 0.3 is 0 Å². The number of amides is 2. The lowest BCUT2D eigenvalue weighted by Crippen LogP contribution is -2.48. The number of likely N-dealkylation sites (tertiary alicyclic amines) is 1. The fraction of sp³-hybridized carbons (Fsp3) is 0.310. The molecule has 2 amide bonds. The quantitative estimate of drug-likeness (QED) is 0.538. The Bertz CT molecular complexity index is 1180. The first-order chi connectivity index (χ1) is 17.0. The van der Waals surface area contributed by atoms with Crippen LogP contribution in [0.15, 0.2) is 72.8 Å². The molecule has 182 valence electrons. The number of methoxy groups -OCH3 is 1. The molecule has 6 heteroatoms. The normalized spacial score (nSPS) is 17.6. The van der Waals surface area contributed by atoms with E-state index in [1.54, 1.807) is 37.1 Å². The maximum atomic E-state index is 13.9. The van der Waals surface area contributed by atoms with Crippen LogP contribution in [0.2, 0.25) is 0 Å². The van der Waals surface area contributed by atoms with Gasteiger partial charge in [0.1, 0.15) is 11.6 Å². The van der Waals surface area contributed by atoms with Crippen LogP contribution in [0.4, 0.5) is 4.39 Å². The molecule has 0 unspecified atom stereocenters. The number of piperidine rings is 1. The fourth-order valence-electron chi connectivity index (χ4n) is 4.76. The highest BCUT2D eigenvalue weighted by Crippen LogP contribution is 2.32. The van der Waals surface area contributed by atoms with Crippen molar-refractivity contribution in [3.63, 3.8) is 0 Å². The molecule has 0 aliphatic carbocycles. The molecule has 3 aromatic carbocycles. The van der Waals surface area contributed by atoms with E-state index in [9.17, 15) is 14.0 Å². The highest BCUT2D eigenvalue weighted by molar-refractivity contribution is 5.94. The Labute approximate surface area is 205 Å². The highest BCUT2D eigenvalue weighted by atomic mass is 19.1. The summed E-state index contributed by atoms with van der Waals surface area (Å²) in [7, 11) is 1.63. The first-order valence-corrected chi connectivity index (χ1v) is 12.0. The molecule has 2 atom stereocenters. The largest absolute Gasteiger partial charge is 0.496 e. The van der Waals surface area contributed by atoms with E-state index in [4.69, 9.17) is 4.74 Å². The summed E-state index contributed by atoms with van der Waals surface area (Å²) in [6, 6.07) is 21.9. The zero-order valence-corrected chi connectivity index (χ0v) is 20.2. The van der Waals surface area contributed by atoms with Crippen LogP contribution in [-0.2, 0) is 11.2 Å². The number of ether oxygens (including phenoxy) is 1. The number of aryl methyl sites for hydroxylation is 1. The molecule has 1 heterocycles. The number of hydrogen-bond acceptors (Lipinski definition) is 3. The number of para-hydroxylation sites is 1. The third-order valence-corrected chi connectivity index (χ3v) is 6.67. The van der Waals surface area contributed by atoms with Gasteiger partial charge in [-0.25, -0.2) is 4.39 Å². The van der Waals surface area contributed by atoms with Gasteiger partial charge in [0.05, 0.1) is 13.0 Å². The second-order valence-corrected chi connectivity index (χ2v) is 9.07. The minimum absolute atomic E-state index is 0.0549. The molecule has 5 nitrogen and oxygen atoms in total. The Balaban J connectivity index is 1.49. The van der Waals surface area contributed by atoms with Gasteiger partial charge < -0.3 is 15.0 Å². The third-order valence-electron chi connectivity index (χ3n) is 6.67. The van der Waals surface area contributed by atoms with Crippen molar-refractivity contribution in [1.82, 2.24) is 10.2 Å². The van der Waals surface area contributed by atoms with E-state index >= 15 is 0 Å². The Kier molecular flexibility index (Phi) is 7.80. The van der Waals surface area contributed by atoms with Crippen LogP contribution in [0.25, 0.3) is 0 Å². The number of rotatable bonds is 7. The minimum Gasteiger partial charge on any atom is -0.496 e. The average Bonchev–Trinajstić information content (AvgIpc) is 2.90. The minimum atomic E-state index is -0.357. The van der Waals surface area contributed by atoms with Crippen molar-refractivity contribution in [2.24, 2.45) is 5.92 Å². The second-order valence-electron chi connectivity index (χ2n) is 9.07. The van der Waals surface area contributed by atoms with Crippen LogP contribution in [0.1, 0.15) is 39.4 Å². The van der Waals surface area contributed by atoms with E-state index in [-0.39, 0.29) is 29.5 Å². The van der Waals surface area contributed by atoms with Crippen molar-refractivity contribution in [3.8, 4) is 5.75 Å². The molecule has 0 saturated carbocycles. The Morgan fingerprint density at radius 2 is 1.77 bits per heavy atom. The Morgan fingerprint density at radius 1 is 1.03 bits per heavy atom. The van der Waals surface area contributed by atoms with Crippen molar-refractivity contribution in [3.05, 3.63) is 101 Å². The SMILES string of the molecule is COc1ccccc1CCNC(=O)[C@@H]1C[C@H](c2ccc(F)c(C)c2)CN(C(=O)c2ccccc2)C1. The summed E-state index contributed by atoms with van der Waals surface area (Å²) < 4.78 is 19.3. The van der Waals surface area contributed by atoms with Crippen LogP contribution >= 0.6 is 0 Å². The van der Waals surface area contributed by atoms with E-state index < -0.39 is 0 Å². The molecule has 1 N–H and O–H groups in total. The van der Waals surface area contributed by atoms with E-state index in [2.05, 4.69) is 5.32 Å². The van der Waals surface area contributed by atoms with Gasteiger partial charge in [-0.05, 0) is 60.7 Å². The molecule has 1 aliphatic rings. The average molecular weight is 475 g/mol. The van der Waals surface area contributed by atoms with Gasteiger partial charge in [0, 0.05) is 31.1 Å². The van der Waals surface area contributed by atoms with Crippen molar-refractivity contribution < 1.29 is 18.7 Å². The summed E-state index contributed by atoms with van der Waals surface area (Å²) in [6.07, 6.45) is 1.25. The summed E-state index contributed by atoms with van der Waals surface area (Å²) in [5.74, 6) is -0.0430. The van der Waals surface area contributed by atoms with Crippen molar-refractivity contribution in [1.29, 1.82) is 0 Å². The molecule has 1 saturated heterocycles. The summed E-state index contributed by atoms with van der Waals surface area (Å²) in [4.78, 5) is 28.2. The number of benzene rings is 3. The standard InChI is InChI=1S/C29H31FN2O3/c1-20-16-23(12-13-26(20)30)24-17-25(19-32(18-24)29(34)22-9-4-3-5-10-22)28(33)31-15-14-21-8-6-7-11-27(21)35-2/h3-13,16,24-25H,14-15,17-19H2,1-2H3,(H,31,33)/t24-,25+/m0/s1. The Hall–Kier alpha value is -3.67. The van der Waals surface area contributed by atoms with E-state index in [1.165, 1.54) is 6.07 Å². The van der Waals surface area contributed by atoms with Gasteiger partial charge in [-0.3, -0.25) is 9.59 Å². The summed E-state index contributed by atoms with van der Waals surface area (Å²) in [5.41, 5.74) is 3.13. The topological polar surface area (TPSA) is 58.6 Å². The molecule has 3 aromatic rings. The summed E-state index contributed by atoms with van der Waals surface area (Å²) in [6.45, 7) is 3.05. The van der Waals surface area contributed by atoms with Gasteiger partial charge in [-0.1, -0.05) is 48.5 Å². The van der Waals surface area contributed by atoms with Crippen LogP contribution in [0, 0.1) is 18.7 Å². The van der Waals surface area contributed by atoms with Crippen molar-refractivity contribution >= 4 is 11.8 Å². The zero-order chi connectivity index (χ0) is 24.8. The number of halogens is 1. The van der Waals surface area contributed by atoms with Crippen molar-refractivity contribution in [2.75, 3.05) is 26.7 Å². The molecular weight excluding hydrogens is 443 g/mol. The maximum absolute atomic E-state index is 13.9. The number of nitrogens with zero attached hydrogens (tertiary/aromatic N) is 1. The van der Waals surface area contributed by atoms with Gasteiger partial charge in [-0.2, -0.15) is 0 Å². The van der Waals surface area contributed by atoms with Gasteiger partial charge in [0.25, 0.3) is 5.91 Å². The number of nitrogens with one attached hydrogen (secondary N) is 1. The van der Waals surface area contributed by atoms with Gasteiger partial charge in [-0.15, -0.1) is 0 Å². The second kappa shape index (κ2) is 11.2. The van der Waals surface area contributed by atoms with Crippen LogP contribution in [-0.4, -0.2) is 43.5 Å². The van der Waals surface area contributed by atoms with Gasteiger partial charge in [0.2, 0.25) is 5.91 Å². The number of carbonyl (C=O) groups excluding carboxylic acids is 2. The van der Waals surface area contributed by atoms with Crippen LogP contribution in [0.5, 0.6) is 5.75 Å². The first-order valence-electron chi connectivity index (χ1n) is 12.0. The number of carbonyl (C=O) groups is 2. The molecule has 0 radical (unpaired) electrons. The lowest BCUT2D eigenvalue weighted by atomic mass is 9.83. The molecular formula is C29H31FN2O3. The smallest absolute Gasteiger partial charge is 0.253 e. The highest BCUT2D eigenvalue weighted by Gasteiger charge is 2.35. The molecule has 0 spiro atoms. The van der Waals surface area contributed by atoms with Gasteiger partial charge in [0.15, 0.2) is 0 Å². The Morgan fingerprint density at radius 3 is 2.51 bits per heavy atom. The third kappa shape index (κ3) is 5.88. The van der Waals surface area contributed by atoms with E-state index in [0.29, 0.717) is 43.6 Å². The molecule has 0 aromatic heterocycles. The zero-order valence-electron chi connectivity index (χ0n) is 20.2. The van der Waals surface area contributed by atoms with Crippen LogP contribution < -0.4 is 10.1 Å². The lowest BCUT2D eigenvalue weighted by molar-refractivity contribution is -0.126. The predicted octanol–water partition coefficient (Wildman–Crippen LogP) is 4.75. The molecule has 4 rings (SSSR count). The number of hydrogen-bond donors (Lipinski definition) is 1. The monoisotopic (exact) mass is 474 g/mol. The van der Waals surface area contributed by atoms with Crippen LogP contribution in [0.3, 0.4) is 0 Å². The lowest BCUT2D eigenvalue weighted by Gasteiger charge is -2.37. The maximum Gasteiger partial charge on any atom is 0.253 e. The molecule has 1 aliphatic heterocycles. The fourth-order valence-corrected chi connectivity index (χ4v) is 4.76. The van der Waals surface area contributed by atoms with Crippen molar-refractivity contribution in [2.45, 2.75) is 25.7 Å². The molecule has 1 fully saturated rings. The molecule has 35 heavy (non-hydrogen) atoms. The van der Waals surface area contributed by atoms with E-state index in [1.807, 2.05) is 48.5 Å². The summed E-state index contributed by atoms with van der Waals surface area (Å²) >= 11 is 0. The van der Waals surface area contributed by atoms with E-state index in [0.717, 1.165) is 16.9 Å². The predicted molar refractivity (Wildman–Crippen MR) is 134 cm³/mol. The molecule has 0 bridgehead atoms. The summed E-state index contributed by atoms with van der Waals surface area (Å²) in [5, 5.41) is 3.05. The first kappa shape index (κ1) is 24.5.